The molecular weight excluding hydrogens is 355 g/mol. The molecule has 2 aromatic carbocycles. The maximum atomic E-state index is 12.9. The Morgan fingerprint density at radius 3 is 2.56 bits per heavy atom. The van der Waals surface area contributed by atoms with E-state index in [1.807, 2.05) is 0 Å². The zero-order valence-electron chi connectivity index (χ0n) is 14.6. The van der Waals surface area contributed by atoms with E-state index >= 15 is 0 Å². The van der Waals surface area contributed by atoms with Crippen LogP contribution in [-0.4, -0.2) is 27.5 Å². The van der Waals surface area contributed by atoms with Crippen molar-refractivity contribution in [1.29, 1.82) is 0 Å². The third kappa shape index (κ3) is 3.97. The first-order valence-electron chi connectivity index (χ1n) is 8.06. The number of carbonyl (C=O) groups is 2. The van der Waals surface area contributed by atoms with E-state index in [0.717, 1.165) is 0 Å². The Balaban J connectivity index is 1.60. The van der Waals surface area contributed by atoms with Gasteiger partial charge in [0.25, 0.3) is 11.8 Å². The molecule has 1 aromatic heterocycles. The Morgan fingerprint density at radius 2 is 1.85 bits per heavy atom. The van der Waals surface area contributed by atoms with E-state index in [2.05, 4.69) is 15.8 Å². The molecule has 140 valence electrons. The number of halogens is 1. The molecule has 0 saturated heterocycles. The van der Waals surface area contributed by atoms with E-state index in [0.29, 0.717) is 16.8 Å². The molecule has 9 heteroatoms. The van der Waals surface area contributed by atoms with E-state index in [-0.39, 0.29) is 11.3 Å². The van der Waals surface area contributed by atoms with Crippen molar-refractivity contribution in [3.63, 3.8) is 0 Å². The molecule has 0 aliphatic carbocycles. The molecule has 3 rings (SSSR count). The number of amides is 2. The first-order chi connectivity index (χ1) is 12.8. The van der Waals surface area contributed by atoms with Crippen LogP contribution in [0.15, 0.2) is 47.3 Å². The Morgan fingerprint density at radius 1 is 1.15 bits per heavy atom. The maximum Gasteiger partial charge on any atom is 0.326 e. The van der Waals surface area contributed by atoms with Gasteiger partial charge in [0, 0.05) is 12.6 Å². The van der Waals surface area contributed by atoms with Crippen LogP contribution in [0.5, 0.6) is 5.75 Å². The third-order valence-corrected chi connectivity index (χ3v) is 3.96. The number of fused-ring (bicyclic) bond motifs is 1. The summed E-state index contributed by atoms with van der Waals surface area (Å²) in [4.78, 5) is 38.5. The number of aryl methyl sites for hydroxylation is 1. The van der Waals surface area contributed by atoms with Gasteiger partial charge in [-0.2, -0.15) is 0 Å². The fourth-order valence-corrected chi connectivity index (χ4v) is 2.44. The van der Waals surface area contributed by atoms with E-state index in [1.165, 1.54) is 47.9 Å². The molecule has 0 spiro atoms. The van der Waals surface area contributed by atoms with Gasteiger partial charge in [0.1, 0.15) is 11.6 Å². The number of rotatable bonds is 4. The fraction of sp³-hybridized carbons (Fsp3) is 0.167. The predicted molar refractivity (Wildman–Crippen MR) is 95.6 cm³/mol. The number of benzene rings is 2. The summed E-state index contributed by atoms with van der Waals surface area (Å²) in [6.07, 6.45) is -0.913. The topological polar surface area (TPSA) is 105 Å². The number of hydrogen-bond donors (Lipinski definition) is 3. The summed E-state index contributed by atoms with van der Waals surface area (Å²) in [6.45, 7) is 1.49. The Hall–Kier alpha value is -3.62. The van der Waals surface area contributed by atoms with Crippen molar-refractivity contribution in [3.8, 4) is 5.75 Å². The molecule has 0 radical (unpaired) electrons. The molecule has 0 aliphatic rings. The molecule has 3 aromatic rings. The van der Waals surface area contributed by atoms with Crippen LogP contribution in [0.3, 0.4) is 0 Å². The number of aromatic nitrogens is 2. The van der Waals surface area contributed by atoms with Crippen LogP contribution in [0.1, 0.15) is 17.3 Å². The number of carbonyl (C=O) groups excluding carboxylic acids is 2. The second-order valence-corrected chi connectivity index (χ2v) is 5.88. The number of nitrogens with zero attached hydrogens (tertiary/aromatic N) is 1. The highest BCUT2D eigenvalue weighted by molar-refractivity contribution is 5.98. The van der Waals surface area contributed by atoms with Gasteiger partial charge in [0.15, 0.2) is 6.10 Å². The predicted octanol–water partition coefficient (Wildman–Crippen LogP) is 1.23. The summed E-state index contributed by atoms with van der Waals surface area (Å²) < 4.78 is 19.7. The normalized spacial score (nSPS) is 11.8. The molecule has 0 bridgehead atoms. The molecule has 27 heavy (non-hydrogen) atoms. The van der Waals surface area contributed by atoms with Crippen LogP contribution in [0, 0.1) is 5.82 Å². The van der Waals surface area contributed by atoms with Gasteiger partial charge >= 0.3 is 5.69 Å². The van der Waals surface area contributed by atoms with Crippen LogP contribution in [0.25, 0.3) is 11.0 Å². The Labute approximate surface area is 152 Å². The van der Waals surface area contributed by atoms with Crippen molar-refractivity contribution in [2.24, 2.45) is 7.05 Å². The van der Waals surface area contributed by atoms with Gasteiger partial charge in [-0.25, -0.2) is 9.18 Å². The van der Waals surface area contributed by atoms with E-state index in [4.69, 9.17) is 4.74 Å². The summed E-state index contributed by atoms with van der Waals surface area (Å²) >= 11 is 0. The molecule has 8 nitrogen and oxygen atoms in total. The third-order valence-electron chi connectivity index (χ3n) is 3.96. The zero-order chi connectivity index (χ0) is 19.6. The minimum Gasteiger partial charge on any atom is -0.481 e. The molecular formula is C18H17FN4O4. The second-order valence-electron chi connectivity index (χ2n) is 5.88. The number of hydrazine groups is 1. The van der Waals surface area contributed by atoms with Crippen LogP contribution in [0.4, 0.5) is 4.39 Å². The fourth-order valence-electron chi connectivity index (χ4n) is 2.44. The number of H-pyrrole nitrogens is 1. The summed E-state index contributed by atoms with van der Waals surface area (Å²) in [6, 6.07) is 9.90. The van der Waals surface area contributed by atoms with E-state index < -0.39 is 23.7 Å². The van der Waals surface area contributed by atoms with E-state index in [9.17, 15) is 18.8 Å². The van der Waals surface area contributed by atoms with E-state index in [1.54, 1.807) is 13.1 Å². The average molecular weight is 372 g/mol. The minimum absolute atomic E-state index is 0.261. The Kier molecular flexibility index (Phi) is 4.93. The van der Waals surface area contributed by atoms with Gasteiger partial charge in [-0.1, -0.05) is 0 Å². The van der Waals surface area contributed by atoms with Crippen LogP contribution in [-0.2, 0) is 11.8 Å². The van der Waals surface area contributed by atoms with Gasteiger partial charge in [0.05, 0.1) is 11.0 Å². The van der Waals surface area contributed by atoms with Crippen molar-refractivity contribution < 1.29 is 18.7 Å². The van der Waals surface area contributed by atoms with Gasteiger partial charge in [-0.15, -0.1) is 0 Å². The van der Waals surface area contributed by atoms with Crippen LogP contribution >= 0.6 is 0 Å². The summed E-state index contributed by atoms with van der Waals surface area (Å²) in [5, 5.41) is 0. The average Bonchev–Trinajstić information content (AvgIpc) is 2.94. The molecule has 1 atom stereocenters. The molecule has 2 amide bonds. The van der Waals surface area contributed by atoms with Gasteiger partial charge in [-0.05, 0) is 49.4 Å². The number of ether oxygens (including phenoxy) is 1. The van der Waals surface area contributed by atoms with Crippen molar-refractivity contribution in [2.75, 3.05) is 0 Å². The molecule has 0 saturated carbocycles. The lowest BCUT2D eigenvalue weighted by atomic mass is 10.2. The molecule has 3 N–H and O–H groups in total. The summed E-state index contributed by atoms with van der Waals surface area (Å²) in [5.41, 5.74) is 5.68. The number of hydrogen-bond acceptors (Lipinski definition) is 4. The zero-order valence-corrected chi connectivity index (χ0v) is 14.6. The number of nitrogens with one attached hydrogen (secondary N) is 3. The van der Waals surface area contributed by atoms with Crippen LogP contribution in [0.2, 0.25) is 0 Å². The van der Waals surface area contributed by atoms with Gasteiger partial charge in [-0.3, -0.25) is 25.0 Å². The molecule has 1 unspecified atom stereocenters. The first kappa shape index (κ1) is 18.2. The van der Waals surface area contributed by atoms with Crippen molar-refractivity contribution >= 4 is 22.8 Å². The maximum absolute atomic E-state index is 12.9. The highest BCUT2D eigenvalue weighted by atomic mass is 19.1. The lowest BCUT2D eigenvalue weighted by Crippen LogP contribution is -2.47. The quantitative estimate of drug-likeness (QED) is 0.599. The second kappa shape index (κ2) is 7.32. The summed E-state index contributed by atoms with van der Waals surface area (Å²) in [7, 11) is 1.61. The standard InChI is InChI=1S/C18H17FN4O4/c1-10(27-13-6-4-12(19)5-7-13)16(24)21-22-17(25)11-3-8-15-14(9-11)20-18(26)23(15)2/h3-10H,1-2H3,(H,20,26)(H,21,24)(H,22,25). The molecule has 0 aliphatic heterocycles. The smallest absolute Gasteiger partial charge is 0.326 e. The van der Waals surface area contributed by atoms with Crippen molar-refractivity contribution in [3.05, 3.63) is 64.3 Å². The summed E-state index contributed by atoms with van der Waals surface area (Å²) in [5.74, 6) is -1.22. The Bertz CT molecular complexity index is 1060. The highest BCUT2D eigenvalue weighted by Gasteiger charge is 2.16. The largest absolute Gasteiger partial charge is 0.481 e. The van der Waals surface area contributed by atoms with Gasteiger partial charge in [0.2, 0.25) is 0 Å². The lowest BCUT2D eigenvalue weighted by molar-refractivity contribution is -0.128. The monoisotopic (exact) mass is 372 g/mol. The molecule has 1 heterocycles. The van der Waals surface area contributed by atoms with Gasteiger partial charge < -0.3 is 9.72 Å². The molecule has 0 fully saturated rings. The van der Waals surface area contributed by atoms with Crippen molar-refractivity contribution in [2.45, 2.75) is 13.0 Å². The minimum atomic E-state index is -0.913. The first-order valence-corrected chi connectivity index (χ1v) is 8.06. The van der Waals surface area contributed by atoms with Crippen molar-refractivity contribution in [1.82, 2.24) is 20.4 Å². The van der Waals surface area contributed by atoms with Crippen LogP contribution < -0.4 is 21.3 Å². The number of aromatic amines is 1. The SMILES string of the molecule is CC(Oc1ccc(F)cc1)C(=O)NNC(=O)c1ccc2c(c1)[nH]c(=O)n2C. The lowest BCUT2D eigenvalue weighted by Gasteiger charge is -2.15. The highest BCUT2D eigenvalue weighted by Crippen LogP contribution is 2.13. The number of imidazole rings is 1.